The molecule has 0 aliphatic carbocycles. The van der Waals surface area contributed by atoms with Crippen molar-refractivity contribution in [2.75, 3.05) is 26.1 Å². The molecule has 0 spiro atoms. The van der Waals surface area contributed by atoms with Crippen molar-refractivity contribution in [1.29, 1.82) is 0 Å². The van der Waals surface area contributed by atoms with Gasteiger partial charge in [-0.3, -0.25) is 4.79 Å². The zero-order chi connectivity index (χ0) is 20.5. The number of hydrogen-bond acceptors (Lipinski definition) is 4. The van der Waals surface area contributed by atoms with Crippen LogP contribution in [0.4, 0.5) is 5.69 Å². The molecule has 1 N–H and O–H groups in total. The molecule has 6 heteroatoms. The van der Waals surface area contributed by atoms with Gasteiger partial charge in [0.15, 0.2) is 11.5 Å². The summed E-state index contributed by atoms with van der Waals surface area (Å²) in [6.45, 7) is 4.94. The lowest BCUT2D eigenvalue weighted by Crippen LogP contribution is -2.07. The number of carbonyl (C=O) groups excluding carboxylic acids is 1. The predicted molar refractivity (Wildman–Crippen MR) is 114 cm³/mol. The second-order valence-corrected chi connectivity index (χ2v) is 7.02. The zero-order valence-electron chi connectivity index (χ0n) is 16.6. The molecule has 2 aromatic rings. The average Bonchev–Trinajstić information content (AvgIpc) is 2.67. The normalized spacial score (nSPS) is 10.9. The fraction of sp³-hybridized carbons (Fsp3) is 0.318. The Bertz CT molecular complexity index is 833. The highest BCUT2D eigenvalue weighted by Gasteiger charge is 2.07. The number of nitrogens with one attached hydrogen (secondary N) is 1. The number of amides is 1. The Morgan fingerprint density at radius 1 is 1.07 bits per heavy atom. The minimum absolute atomic E-state index is 0.266. The van der Waals surface area contributed by atoms with Crippen LogP contribution in [0.1, 0.15) is 25.8 Å². The van der Waals surface area contributed by atoms with Crippen LogP contribution in [0.2, 0.25) is 5.02 Å². The van der Waals surface area contributed by atoms with Gasteiger partial charge >= 0.3 is 0 Å². The van der Waals surface area contributed by atoms with E-state index in [2.05, 4.69) is 19.2 Å². The number of halogens is 1. The smallest absolute Gasteiger partial charge is 0.248 e. The van der Waals surface area contributed by atoms with Crippen molar-refractivity contribution in [3.8, 4) is 17.2 Å². The Hall–Kier alpha value is -2.66. The standard InChI is InChI=1S/C22H26ClNO4/c1-15(2)11-12-28-20-8-5-16(13-21(20)27-4)6-10-22(25)24-17-7-9-19(26-3)18(23)14-17/h5-10,13-15H,11-12H2,1-4H3,(H,24,25). The van der Waals surface area contributed by atoms with E-state index >= 15 is 0 Å². The first kappa shape index (κ1) is 21.6. The molecule has 2 aromatic carbocycles. The molecule has 0 radical (unpaired) electrons. The molecule has 0 atom stereocenters. The van der Waals surface area contributed by atoms with Crippen molar-refractivity contribution >= 4 is 29.3 Å². The first-order valence-electron chi connectivity index (χ1n) is 9.06. The number of ether oxygens (including phenoxy) is 3. The molecule has 0 heterocycles. The van der Waals surface area contributed by atoms with Crippen LogP contribution in [0.5, 0.6) is 17.2 Å². The van der Waals surface area contributed by atoms with E-state index in [4.69, 9.17) is 25.8 Å². The summed E-state index contributed by atoms with van der Waals surface area (Å²) in [5.74, 6) is 2.19. The van der Waals surface area contributed by atoms with Crippen LogP contribution in [0.3, 0.4) is 0 Å². The molecule has 0 bridgehead atoms. The third-order valence-electron chi connectivity index (χ3n) is 3.99. The largest absolute Gasteiger partial charge is 0.495 e. The first-order chi connectivity index (χ1) is 13.4. The number of benzene rings is 2. The fourth-order valence-electron chi connectivity index (χ4n) is 2.41. The average molecular weight is 404 g/mol. The van der Waals surface area contributed by atoms with Gasteiger partial charge in [0.25, 0.3) is 0 Å². The van der Waals surface area contributed by atoms with Gasteiger partial charge in [-0.1, -0.05) is 31.5 Å². The van der Waals surface area contributed by atoms with E-state index in [1.807, 2.05) is 18.2 Å². The van der Waals surface area contributed by atoms with Gasteiger partial charge < -0.3 is 19.5 Å². The molecular formula is C22H26ClNO4. The first-order valence-corrected chi connectivity index (χ1v) is 9.44. The summed E-state index contributed by atoms with van der Waals surface area (Å²) in [4.78, 5) is 12.1. The SMILES string of the molecule is COc1ccc(NC(=O)C=Cc2ccc(OCCC(C)C)c(OC)c2)cc1Cl. The van der Waals surface area contributed by atoms with Crippen molar-refractivity contribution in [3.05, 3.63) is 53.1 Å². The Labute approximate surface area is 171 Å². The molecule has 0 unspecified atom stereocenters. The molecule has 1 amide bonds. The molecule has 0 aliphatic rings. The van der Waals surface area contributed by atoms with Crippen molar-refractivity contribution in [3.63, 3.8) is 0 Å². The lowest BCUT2D eigenvalue weighted by molar-refractivity contribution is -0.111. The summed E-state index contributed by atoms with van der Waals surface area (Å²) in [7, 11) is 3.13. The number of carbonyl (C=O) groups is 1. The second kappa shape index (κ2) is 10.6. The fourth-order valence-corrected chi connectivity index (χ4v) is 2.67. The van der Waals surface area contributed by atoms with Crippen molar-refractivity contribution in [1.82, 2.24) is 0 Å². The minimum atomic E-state index is -0.266. The summed E-state index contributed by atoms with van der Waals surface area (Å²) < 4.78 is 16.3. The van der Waals surface area contributed by atoms with E-state index in [1.165, 1.54) is 13.2 Å². The maximum absolute atomic E-state index is 12.1. The quantitative estimate of drug-likeness (QED) is 0.567. The molecule has 0 saturated carbocycles. The second-order valence-electron chi connectivity index (χ2n) is 6.61. The number of rotatable bonds is 9. The van der Waals surface area contributed by atoms with Crippen LogP contribution in [0.15, 0.2) is 42.5 Å². The third kappa shape index (κ3) is 6.50. The van der Waals surface area contributed by atoms with Crippen LogP contribution in [0.25, 0.3) is 6.08 Å². The van der Waals surface area contributed by atoms with Gasteiger partial charge in [-0.25, -0.2) is 0 Å². The van der Waals surface area contributed by atoms with Gasteiger partial charge in [0, 0.05) is 11.8 Å². The van der Waals surface area contributed by atoms with Crippen molar-refractivity contribution in [2.45, 2.75) is 20.3 Å². The van der Waals surface area contributed by atoms with Gasteiger partial charge in [-0.05, 0) is 54.3 Å². The van der Waals surface area contributed by atoms with Crippen LogP contribution in [-0.2, 0) is 4.79 Å². The zero-order valence-corrected chi connectivity index (χ0v) is 17.4. The minimum Gasteiger partial charge on any atom is -0.495 e. The van der Waals surface area contributed by atoms with E-state index in [9.17, 15) is 4.79 Å². The monoisotopic (exact) mass is 403 g/mol. The molecule has 0 fully saturated rings. The molecule has 0 aromatic heterocycles. The number of hydrogen-bond donors (Lipinski definition) is 1. The van der Waals surface area contributed by atoms with Gasteiger partial charge in [-0.2, -0.15) is 0 Å². The molecule has 5 nitrogen and oxygen atoms in total. The van der Waals surface area contributed by atoms with Gasteiger partial charge in [0.2, 0.25) is 5.91 Å². The van der Waals surface area contributed by atoms with Gasteiger partial charge in [0.1, 0.15) is 5.75 Å². The molecule has 2 rings (SSSR count). The predicted octanol–water partition coefficient (Wildman–Crippen LogP) is 5.43. The number of methoxy groups -OCH3 is 2. The molecule has 0 saturated heterocycles. The maximum Gasteiger partial charge on any atom is 0.248 e. The molecule has 150 valence electrons. The third-order valence-corrected chi connectivity index (χ3v) is 4.28. The van der Waals surface area contributed by atoms with Crippen LogP contribution >= 0.6 is 11.6 Å². The Kier molecular flexibility index (Phi) is 8.20. The summed E-state index contributed by atoms with van der Waals surface area (Å²) >= 11 is 6.07. The highest BCUT2D eigenvalue weighted by molar-refractivity contribution is 6.32. The van der Waals surface area contributed by atoms with Crippen LogP contribution in [-0.4, -0.2) is 26.7 Å². The lowest BCUT2D eigenvalue weighted by atomic mass is 10.1. The highest BCUT2D eigenvalue weighted by atomic mass is 35.5. The van der Waals surface area contributed by atoms with E-state index in [1.54, 1.807) is 31.4 Å². The van der Waals surface area contributed by atoms with Crippen LogP contribution < -0.4 is 19.5 Å². The van der Waals surface area contributed by atoms with E-state index in [-0.39, 0.29) is 5.91 Å². The van der Waals surface area contributed by atoms with Gasteiger partial charge in [0.05, 0.1) is 25.8 Å². The van der Waals surface area contributed by atoms with Crippen LogP contribution in [0, 0.1) is 5.92 Å². The van der Waals surface area contributed by atoms with Gasteiger partial charge in [-0.15, -0.1) is 0 Å². The summed E-state index contributed by atoms with van der Waals surface area (Å²) in [5, 5.41) is 3.19. The Balaban J connectivity index is 2.00. The summed E-state index contributed by atoms with van der Waals surface area (Å²) in [6, 6.07) is 10.6. The summed E-state index contributed by atoms with van der Waals surface area (Å²) in [5.41, 5.74) is 1.42. The number of anilines is 1. The highest BCUT2D eigenvalue weighted by Crippen LogP contribution is 2.29. The maximum atomic E-state index is 12.1. The van der Waals surface area contributed by atoms with E-state index in [0.29, 0.717) is 40.5 Å². The Morgan fingerprint density at radius 3 is 2.43 bits per heavy atom. The van der Waals surface area contributed by atoms with Crippen molar-refractivity contribution in [2.24, 2.45) is 5.92 Å². The molecular weight excluding hydrogens is 378 g/mol. The van der Waals surface area contributed by atoms with Crippen molar-refractivity contribution < 1.29 is 19.0 Å². The topological polar surface area (TPSA) is 56.8 Å². The Morgan fingerprint density at radius 2 is 1.79 bits per heavy atom. The molecule has 0 aliphatic heterocycles. The molecule has 28 heavy (non-hydrogen) atoms. The van der Waals surface area contributed by atoms with E-state index < -0.39 is 0 Å². The lowest BCUT2D eigenvalue weighted by Gasteiger charge is -2.12. The summed E-state index contributed by atoms with van der Waals surface area (Å²) in [6.07, 6.45) is 4.13. The van der Waals surface area contributed by atoms with E-state index in [0.717, 1.165) is 12.0 Å².